The van der Waals surface area contributed by atoms with E-state index in [-0.39, 0.29) is 0 Å². The maximum absolute atomic E-state index is 12.4. The summed E-state index contributed by atoms with van der Waals surface area (Å²) in [6.45, 7) is 3.31. The van der Waals surface area contributed by atoms with Crippen LogP contribution in [0.2, 0.25) is 5.02 Å². The average Bonchev–Trinajstić information content (AvgIpc) is 2.90. The molecule has 0 amide bonds. The van der Waals surface area contributed by atoms with E-state index in [9.17, 15) is 4.79 Å². The predicted octanol–water partition coefficient (Wildman–Crippen LogP) is 3.99. The number of aryl methyl sites for hydroxylation is 1. The molecule has 24 heavy (non-hydrogen) atoms. The van der Waals surface area contributed by atoms with Crippen molar-refractivity contribution in [3.63, 3.8) is 0 Å². The molecule has 0 saturated heterocycles. The zero-order valence-electron chi connectivity index (χ0n) is 13.6. The Hall–Kier alpha value is -2.53. The standard InChI is InChI=1S/C18H17ClN2O3/c1-18(2,24-13-6-4-12(19)5-7-13)17(22)23-14-8-9-16-15(10-14)20-11-21(16)3/h4-11H,1-3H3. The molecule has 0 aliphatic heterocycles. The van der Waals surface area contributed by atoms with E-state index in [1.807, 2.05) is 17.7 Å². The van der Waals surface area contributed by atoms with E-state index in [4.69, 9.17) is 21.1 Å². The second kappa shape index (κ2) is 6.17. The summed E-state index contributed by atoms with van der Waals surface area (Å²) in [4.78, 5) is 16.7. The van der Waals surface area contributed by atoms with Crippen LogP contribution in [0.1, 0.15) is 13.8 Å². The molecule has 0 fully saturated rings. The van der Waals surface area contributed by atoms with Gasteiger partial charge in [-0.3, -0.25) is 0 Å². The van der Waals surface area contributed by atoms with Crippen LogP contribution in [0.25, 0.3) is 11.0 Å². The van der Waals surface area contributed by atoms with Crippen molar-refractivity contribution in [2.75, 3.05) is 0 Å². The molecule has 3 rings (SSSR count). The highest BCUT2D eigenvalue weighted by molar-refractivity contribution is 6.30. The van der Waals surface area contributed by atoms with Crippen molar-refractivity contribution in [1.82, 2.24) is 9.55 Å². The molecule has 2 aromatic carbocycles. The second-order valence-electron chi connectivity index (χ2n) is 5.96. The molecule has 3 aromatic rings. The number of carbonyl (C=O) groups is 1. The van der Waals surface area contributed by atoms with Crippen molar-refractivity contribution >= 4 is 28.6 Å². The minimum Gasteiger partial charge on any atom is -0.476 e. The summed E-state index contributed by atoms with van der Waals surface area (Å²) in [6.07, 6.45) is 1.71. The van der Waals surface area contributed by atoms with Crippen molar-refractivity contribution in [1.29, 1.82) is 0 Å². The summed E-state index contributed by atoms with van der Waals surface area (Å²) in [5.74, 6) is 0.480. The van der Waals surface area contributed by atoms with Gasteiger partial charge in [0.05, 0.1) is 17.4 Å². The molecule has 1 aromatic heterocycles. The highest BCUT2D eigenvalue weighted by atomic mass is 35.5. The second-order valence-corrected chi connectivity index (χ2v) is 6.40. The number of carbonyl (C=O) groups excluding carboxylic acids is 1. The lowest BCUT2D eigenvalue weighted by molar-refractivity contribution is -0.149. The van der Waals surface area contributed by atoms with Gasteiger partial charge in [0.2, 0.25) is 5.60 Å². The molecule has 0 atom stereocenters. The van der Waals surface area contributed by atoms with E-state index in [0.717, 1.165) is 11.0 Å². The Labute approximate surface area is 144 Å². The number of hydrogen-bond acceptors (Lipinski definition) is 4. The van der Waals surface area contributed by atoms with Crippen LogP contribution in [0.3, 0.4) is 0 Å². The van der Waals surface area contributed by atoms with E-state index in [1.54, 1.807) is 56.6 Å². The summed E-state index contributed by atoms with van der Waals surface area (Å²) >= 11 is 5.85. The number of rotatable bonds is 4. The van der Waals surface area contributed by atoms with Gasteiger partial charge in [0.1, 0.15) is 11.5 Å². The van der Waals surface area contributed by atoms with E-state index in [1.165, 1.54) is 0 Å². The van der Waals surface area contributed by atoms with Crippen LogP contribution < -0.4 is 9.47 Å². The first kappa shape index (κ1) is 16.3. The third-order valence-corrected chi connectivity index (χ3v) is 3.84. The Morgan fingerprint density at radius 2 is 1.79 bits per heavy atom. The van der Waals surface area contributed by atoms with Gasteiger partial charge in [0, 0.05) is 18.1 Å². The van der Waals surface area contributed by atoms with Gasteiger partial charge in [0.15, 0.2) is 0 Å². The molecule has 0 bridgehead atoms. The summed E-state index contributed by atoms with van der Waals surface area (Å²) in [7, 11) is 1.91. The maximum atomic E-state index is 12.4. The Morgan fingerprint density at radius 3 is 2.50 bits per heavy atom. The lowest BCUT2D eigenvalue weighted by Crippen LogP contribution is -2.41. The van der Waals surface area contributed by atoms with Gasteiger partial charge in [-0.05, 0) is 50.2 Å². The molecule has 0 saturated carbocycles. The van der Waals surface area contributed by atoms with Gasteiger partial charge in [-0.15, -0.1) is 0 Å². The van der Waals surface area contributed by atoms with E-state index in [0.29, 0.717) is 16.5 Å². The quantitative estimate of drug-likeness (QED) is 0.530. The fourth-order valence-electron chi connectivity index (χ4n) is 2.25. The fraction of sp³-hybridized carbons (Fsp3) is 0.222. The average molecular weight is 345 g/mol. The topological polar surface area (TPSA) is 53.4 Å². The number of imidazole rings is 1. The van der Waals surface area contributed by atoms with Crippen LogP contribution in [-0.4, -0.2) is 21.1 Å². The molecule has 6 heteroatoms. The van der Waals surface area contributed by atoms with Gasteiger partial charge in [0.25, 0.3) is 0 Å². The number of benzene rings is 2. The van der Waals surface area contributed by atoms with E-state index >= 15 is 0 Å². The van der Waals surface area contributed by atoms with E-state index in [2.05, 4.69) is 4.98 Å². The first-order chi connectivity index (χ1) is 11.3. The highest BCUT2D eigenvalue weighted by Gasteiger charge is 2.32. The minimum absolute atomic E-state index is 0.430. The SMILES string of the molecule is Cn1cnc2cc(OC(=O)C(C)(C)Oc3ccc(Cl)cc3)ccc21. The number of hydrogen-bond donors (Lipinski definition) is 0. The molecule has 0 spiro atoms. The number of nitrogens with zero attached hydrogens (tertiary/aromatic N) is 2. The van der Waals surface area contributed by atoms with Crippen molar-refractivity contribution in [3.05, 3.63) is 53.8 Å². The molecule has 0 unspecified atom stereocenters. The molecule has 0 aliphatic carbocycles. The normalized spacial score (nSPS) is 11.5. The molecule has 5 nitrogen and oxygen atoms in total. The van der Waals surface area contributed by atoms with Gasteiger partial charge in [-0.1, -0.05) is 11.6 Å². The van der Waals surface area contributed by atoms with E-state index < -0.39 is 11.6 Å². The smallest absolute Gasteiger partial charge is 0.355 e. The van der Waals surface area contributed by atoms with Crippen LogP contribution in [0.5, 0.6) is 11.5 Å². The molecule has 0 aliphatic rings. The number of halogens is 1. The molecule has 0 radical (unpaired) electrons. The Bertz CT molecular complexity index is 885. The third-order valence-electron chi connectivity index (χ3n) is 3.59. The zero-order chi connectivity index (χ0) is 17.3. The van der Waals surface area contributed by atoms with Crippen molar-refractivity contribution in [2.24, 2.45) is 7.05 Å². The Kier molecular flexibility index (Phi) is 4.20. The molecular weight excluding hydrogens is 328 g/mol. The van der Waals surface area contributed by atoms with Crippen molar-refractivity contribution in [3.8, 4) is 11.5 Å². The van der Waals surface area contributed by atoms with Crippen molar-refractivity contribution in [2.45, 2.75) is 19.4 Å². The highest BCUT2D eigenvalue weighted by Crippen LogP contribution is 2.24. The summed E-state index contributed by atoms with van der Waals surface area (Å²) in [5.41, 5.74) is 0.582. The van der Waals surface area contributed by atoms with Crippen molar-refractivity contribution < 1.29 is 14.3 Å². The molecular formula is C18H17ClN2O3. The van der Waals surface area contributed by atoms with Crippen LogP contribution in [0.15, 0.2) is 48.8 Å². The summed E-state index contributed by atoms with van der Waals surface area (Å²) in [6, 6.07) is 12.1. The molecule has 1 heterocycles. The lowest BCUT2D eigenvalue weighted by atomic mass is 10.1. The Morgan fingerprint density at radius 1 is 1.12 bits per heavy atom. The predicted molar refractivity (Wildman–Crippen MR) is 92.5 cm³/mol. The molecule has 0 N–H and O–H groups in total. The van der Waals surface area contributed by atoms with Crippen LogP contribution >= 0.6 is 11.6 Å². The van der Waals surface area contributed by atoms with Crippen LogP contribution in [0.4, 0.5) is 0 Å². The summed E-state index contributed by atoms with van der Waals surface area (Å²) in [5, 5.41) is 0.603. The first-order valence-corrected chi connectivity index (χ1v) is 7.81. The third kappa shape index (κ3) is 3.36. The maximum Gasteiger partial charge on any atom is 0.355 e. The number of ether oxygens (including phenoxy) is 2. The lowest BCUT2D eigenvalue weighted by Gasteiger charge is -2.24. The minimum atomic E-state index is -1.15. The summed E-state index contributed by atoms with van der Waals surface area (Å²) < 4.78 is 13.1. The number of aromatic nitrogens is 2. The van der Waals surface area contributed by atoms with Gasteiger partial charge in [-0.2, -0.15) is 0 Å². The van der Waals surface area contributed by atoms with Crippen LogP contribution in [0, 0.1) is 0 Å². The van der Waals surface area contributed by atoms with Gasteiger partial charge < -0.3 is 14.0 Å². The molecule has 124 valence electrons. The van der Waals surface area contributed by atoms with Gasteiger partial charge in [-0.25, -0.2) is 9.78 Å². The number of fused-ring (bicyclic) bond motifs is 1. The Balaban J connectivity index is 1.75. The largest absolute Gasteiger partial charge is 0.476 e. The number of esters is 1. The van der Waals surface area contributed by atoms with Gasteiger partial charge >= 0.3 is 5.97 Å². The fourth-order valence-corrected chi connectivity index (χ4v) is 2.37. The zero-order valence-corrected chi connectivity index (χ0v) is 14.4. The monoisotopic (exact) mass is 344 g/mol. The first-order valence-electron chi connectivity index (χ1n) is 7.43. The van der Waals surface area contributed by atoms with Crippen LogP contribution in [-0.2, 0) is 11.8 Å².